The summed E-state index contributed by atoms with van der Waals surface area (Å²) in [5.41, 5.74) is 2.62. The summed E-state index contributed by atoms with van der Waals surface area (Å²) >= 11 is 0. The fraction of sp³-hybridized carbons (Fsp3) is 0.429. The Bertz CT molecular complexity index is 631. The maximum absolute atomic E-state index is 5.30. The van der Waals surface area contributed by atoms with Gasteiger partial charge in [0.25, 0.3) is 0 Å². The van der Waals surface area contributed by atoms with Crippen LogP contribution in [-0.2, 0) is 0 Å². The summed E-state index contributed by atoms with van der Waals surface area (Å²) in [6, 6.07) is 17.3. The van der Waals surface area contributed by atoms with Crippen molar-refractivity contribution in [3.63, 3.8) is 0 Å². The standard InChI is InChI=1S/C21H29OP/c1-20(2,3)23(21(4,5)6)19-11-9-8-10-18(19)16-12-14-17(22-7)15-13-16/h8-15H,1-7H3. The van der Waals surface area contributed by atoms with E-state index in [2.05, 4.69) is 77.9 Å². The van der Waals surface area contributed by atoms with Gasteiger partial charge >= 0.3 is 0 Å². The van der Waals surface area contributed by atoms with Gasteiger partial charge in [-0.15, -0.1) is 0 Å². The van der Waals surface area contributed by atoms with E-state index < -0.39 is 0 Å². The van der Waals surface area contributed by atoms with Crippen molar-refractivity contribution in [2.75, 3.05) is 7.11 Å². The van der Waals surface area contributed by atoms with Crippen molar-refractivity contribution < 1.29 is 4.74 Å². The molecule has 0 aliphatic rings. The predicted molar refractivity (Wildman–Crippen MR) is 104 cm³/mol. The minimum Gasteiger partial charge on any atom is -0.497 e. The molecule has 2 aromatic carbocycles. The predicted octanol–water partition coefficient (Wildman–Crippen LogP) is 6.07. The quantitative estimate of drug-likeness (QED) is 0.622. The number of rotatable bonds is 3. The summed E-state index contributed by atoms with van der Waals surface area (Å²) in [4.78, 5) is 0. The molecule has 0 saturated carbocycles. The molecule has 2 heteroatoms. The van der Waals surface area contributed by atoms with Crippen LogP contribution in [0.15, 0.2) is 48.5 Å². The van der Waals surface area contributed by atoms with Crippen molar-refractivity contribution >= 4 is 13.2 Å². The first-order chi connectivity index (χ1) is 10.6. The van der Waals surface area contributed by atoms with Crippen molar-refractivity contribution in [2.45, 2.75) is 51.9 Å². The van der Waals surface area contributed by atoms with Crippen LogP contribution in [0.1, 0.15) is 41.5 Å². The Kier molecular flexibility index (Phi) is 5.21. The molecular formula is C21H29OP. The van der Waals surface area contributed by atoms with E-state index in [4.69, 9.17) is 4.74 Å². The third-order valence-electron chi connectivity index (χ3n) is 3.89. The van der Waals surface area contributed by atoms with Gasteiger partial charge in [-0.3, -0.25) is 0 Å². The first-order valence-corrected chi connectivity index (χ1v) is 9.52. The number of ether oxygens (including phenoxy) is 1. The molecule has 0 aliphatic carbocycles. The van der Waals surface area contributed by atoms with E-state index in [1.165, 1.54) is 16.4 Å². The summed E-state index contributed by atoms with van der Waals surface area (Å²) in [6.07, 6.45) is 0. The highest BCUT2D eigenvalue weighted by Crippen LogP contribution is 2.59. The first kappa shape index (κ1) is 18.0. The SMILES string of the molecule is COc1ccc(-c2ccccc2P(C(C)(C)C)C(C)(C)C)cc1. The molecule has 0 saturated heterocycles. The zero-order valence-corrected chi connectivity index (χ0v) is 16.4. The number of methoxy groups -OCH3 is 1. The largest absolute Gasteiger partial charge is 0.497 e. The van der Waals surface area contributed by atoms with Crippen LogP contribution >= 0.6 is 7.92 Å². The van der Waals surface area contributed by atoms with Crippen molar-refractivity contribution in [3.8, 4) is 16.9 Å². The van der Waals surface area contributed by atoms with Gasteiger partial charge in [-0.25, -0.2) is 0 Å². The van der Waals surface area contributed by atoms with E-state index in [1.54, 1.807) is 7.11 Å². The number of hydrogen-bond acceptors (Lipinski definition) is 1. The lowest BCUT2D eigenvalue weighted by Crippen LogP contribution is -2.31. The molecule has 0 aliphatic heterocycles. The molecule has 0 atom stereocenters. The smallest absolute Gasteiger partial charge is 0.118 e. The van der Waals surface area contributed by atoms with E-state index in [9.17, 15) is 0 Å². The fourth-order valence-corrected chi connectivity index (χ4v) is 7.55. The zero-order chi connectivity index (χ0) is 17.3. The molecular weight excluding hydrogens is 299 g/mol. The Morgan fingerprint density at radius 2 is 1.26 bits per heavy atom. The van der Waals surface area contributed by atoms with E-state index in [0.29, 0.717) is 0 Å². The molecule has 0 N–H and O–H groups in total. The highest BCUT2D eigenvalue weighted by atomic mass is 31.1. The average molecular weight is 328 g/mol. The molecule has 23 heavy (non-hydrogen) atoms. The van der Waals surface area contributed by atoms with E-state index in [1.807, 2.05) is 12.1 Å². The second kappa shape index (κ2) is 6.65. The van der Waals surface area contributed by atoms with Gasteiger partial charge in [0.1, 0.15) is 5.75 Å². The number of hydrogen-bond donors (Lipinski definition) is 0. The van der Waals surface area contributed by atoms with Crippen LogP contribution < -0.4 is 10.0 Å². The molecule has 0 amide bonds. The summed E-state index contributed by atoms with van der Waals surface area (Å²) in [7, 11) is 1.38. The Hall–Kier alpha value is -1.33. The van der Waals surface area contributed by atoms with Crippen molar-refractivity contribution in [1.82, 2.24) is 0 Å². The van der Waals surface area contributed by atoms with Gasteiger partial charge in [0.15, 0.2) is 0 Å². The normalized spacial score (nSPS) is 12.5. The highest BCUT2D eigenvalue weighted by molar-refractivity contribution is 7.68. The average Bonchev–Trinajstić information content (AvgIpc) is 2.45. The van der Waals surface area contributed by atoms with Crippen LogP contribution in [0.5, 0.6) is 5.75 Å². The summed E-state index contributed by atoms with van der Waals surface area (Å²) in [6.45, 7) is 14.2. The Morgan fingerprint density at radius 3 is 1.74 bits per heavy atom. The zero-order valence-electron chi connectivity index (χ0n) is 15.5. The minimum absolute atomic E-state index is 0.260. The molecule has 0 aromatic heterocycles. The monoisotopic (exact) mass is 328 g/mol. The molecule has 2 aromatic rings. The lowest BCUT2D eigenvalue weighted by Gasteiger charge is -2.42. The second-order valence-corrected chi connectivity index (χ2v) is 11.8. The summed E-state index contributed by atoms with van der Waals surface area (Å²) in [5.74, 6) is 0.903. The van der Waals surface area contributed by atoms with E-state index >= 15 is 0 Å². The third-order valence-corrected chi connectivity index (χ3v) is 7.44. The Balaban J connectivity index is 2.59. The molecule has 0 spiro atoms. The highest BCUT2D eigenvalue weighted by Gasteiger charge is 2.36. The van der Waals surface area contributed by atoms with Crippen LogP contribution in [0, 0.1) is 0 Å². The van der Waals surface area contributed by atoms with Gasteiger partial charge in [-0.1, -0.05) is 85.9 Å². The number of benzene rings is 2. The Labute approximate surface area is 142 Å². The van der Waals surface area contributed by atoms with Crippen molar-refractivity contribution in [2.24, 2.45) is 0 Å². The molecule has 0 heterocycles. The maximum atomic E-state index is 5.30. The lowest BCUT2D eigenvalue weighted by molar-refractivity contribution is 0.415. The molecule has 0 radical (unpaired) electrons. The maximum Gasteiger partial charge on any atom is 0.118 e. The molecule has 0 fully saturated rings. The second-order valence-electron chi connectivity index (χ2n) is 7.92. The fourth-order valence-electron chi connectivity index (χ4n) is 3.41. The van der Waals surface area contributed by atoms with Crippen LogP contribution in [0.2, 0.25) is 0 Å². The van der Waals surface area contributed by atoms with Crippen LogP contribution in [-0.4, -0.2) is 17.4 Å². The molecule has 124 valence electrons. The Morgan fingerprint density at radius 1 is 0.739 bits per heavy atom. The molecule has 0 bridgehead atoms. The van der Waals surface area contributed by atoms with Gasteiger partial charge in [-0.05, 0) is 38.9 Å². The van der Waals surface area contributed by atoms with E-state index in [-0.39, 0.29) is 18.2 Å². The van der Waals surface area contributed by atoms with Crippen molar-refractivity contribution in [1.29, 1.82) is 0 Å². The first-order valence-electron chi connectivity index (χ1n) is 8.18. The van der Waals surface area contributed by atoms with Crippen LogP contribution in [0.3, 0.4) is 0 Å². The van der Waals surface area contributed by atoms with Crippen molar-refractivity contribution in [3.05, 3.63) is 48.5 Å². The topological polar surface area (TPSA) is 9.23 Å². The van der Waals surface area contributed by atoms with E-state index in [0.717, 1.165) is 5.75 Å². The third kappa shape index (κ3) is 4.15. The van der Waals surface area contributed by atoms with Crippen LogP contribution in [0.4, 0.5) is 0 Å². The summed E-state index contributed by atoms with van der Waals surface area (Å²) < 4.78 is 5.30. The van der Waals surface area contributed by atoms with Gasteiger partial charge < -0.3 is 4.74 Å². The lowest BCUT2D eigenvalue weighted by atomic mass is 10.1. The van der Waals surface area contributed by atoms with Crippen LogP contribution in [0.25, 0.3) is 11.1 Å². The van der Waals surface area contributed by atoms with Gasteiger partial charge in [0.05, 0.1) is 7.11 Å². The van der Waals surface area contributed by atoms with Gasteiger partial charge in [0, 0.05) is 0 Å². The van der Waals surface area contributed by atoms with Gasteiger partial charge in [-0.2, -0.15) is 0 Å². The summed E-state index contributed by atoms with van der Waals surface area (Å²) in [5, 5.41) is 2.01. The molecule has 0 unspecified atom stereocenters. The minimum atomic E-state index is -0.325. The molecule has 1 nitrogen and oxygen atoms in total. The molecule has 2 rings (SSSR count). The van der Waals surface area contributed by atoms with Gasteiger partial charge in [0.2, 0.25) is 0 Å².